The van der Waals surface area contributed by atoms with Crippen LogP contribution in [0.25, 0.3) is 11.3 Å². The topological polar surface area (TPSA) is 115 Å². The van der Waals surface area contributed by atoms with Crippen LogP contribution < -0.4 is 15.0 Å². The van der Waals surface area contributed by atoms with Gasteiger partial charge in [-0.1, -0.05) is 13.0 Å². The van der Waals surface area contributed by atoms with Crippen LogP contribution in [0, 0.1) is 24.0 Å². The SMILES string of the molecule is CCC1Oc2ccc(-c3nc(C)sc3C)cc2N(CC(=O)Nc2cccc([N+](=O)[O-])c2)C1=O. The Hall–Kier alpha value is -3.79. The van der Waals surface area contributed by atoms with E-state index in [9.17, 15) is 19.7 Å². The summed E-state index contributed by atoms with van der Waals surface area (Å²) in [5.74, 6) is -0.280. The predicted molar refractivity (Wildman–Crippen MR) is 126 cm³/mol. The van der Waals surface area contributed by atoms with Gasteiger partial charge in [0.1, 0.15) is 12.3 Å². The first kappa shape index (κ1) is 22.4. The normalized spacial score (nSPS) is 15.1. The Morgan fingerprint density at radius 1 is 1.27 bits per heavy atom. The number of aryl methyl sites for hydroxylation is 2. The third-order valence-electron chi connectivity index (χ3n) is 5.25. The quantitative estimate of drug-likeness (QED) is 0.423. The van der Waals surface area contributed by atoms with E-state index in [0.717, 1.165) is 21.1 Å². The number of hydrogen-bond donors (Lipinski definition) is 1. The number of amides is 2. The fourth-order valence-corrected chi connectivity index (χ4v) is 4.57. The van der Waals surface area contributed by atoms with E-state index in [4.69, 9.17) is 4.74 Å². The van der Waals surface area contributed by atoms with Gasteiger partial charge in [0.15, 0.2) is 6.10 Å². The number of non-ortho nitro benzene ring substituents is 1. The molecule has 10 heteroatoms. The van der Waals surface area contributed by atoms with Crippen LogP contribution in [0.4, 0.5) is 17.1 Å². The monoisotopic (exact) mass is 466 g/mol. The molecule has 1 atom stereocenters. The van der Waals surface area contributed by atoms with Crippen molar-refractivity contribution >= 4 is 40.2 Å². The zero-order chi connectivity index (χ0) is 23.7. The zero-order valence-corrected chi connectivity index (χ0v) is 19.1. The summed E-state index contributed by atoms with van der Waals surface area (Å²) in [4.78, 5) is 43.4. The predicted octanol–water partition coefficient (Wildman–Crippen LogP) is 4.48. The number of thiazole rings is 1. The number of benzene rings is 2. The molecule has 1 aromatic heterocycles. The summed E-state index contributed by atoms with van der Waals surface area (Å²) in [5, 5.41) is 14.6. The summed E-state index contributed by atoms with van der Waals surface area (Å²) < 4.78 is 5.88. The molecule has 2 amide bonds. The molecule has 0 bridgehead atoms. The van der Waals surface area contributed by atoms with Crippen molar-refractivity contribution in [2.24, 2.45) is 0 Å². The lowest BCUT2D eigenvalue weighted by Crippen LogP contribution is -2.48. The van der Waals surface area contributed by atoms with E-state index in [1.54, 1.807) is 29.5 Å². The first-order valence-electron chi connectivity index (χ1n) is 10.4. The Morgan fingerprint density at radius 3 is 2.73 bits per heavy atom. The van der Waals surface area contributed by atoms with Gasteiger partial charge in [0.2, 0.25) is 5.91 Å². The van der Waals surface area contributed by atoms with Crippen molar-refractivity contribution in [1.82, 2.24) is 4.98 Å². The van der Waals surface area contributed by atoms with Crippen LogP contribution in [0.5, 0.6) is 5.75 Å². The highest BCUT2D eigenvalue weighted by Crippen LogP contribution is 2.39. The molecule has 0 fully saturated rings. The molecule has 9 nitrogen and oxygen atoms in total. The molecule has 2 heterocycles. The number of fused-ring (bicyclic) bond motifs is 1. The fourth-order valence-electron chi connectivity index (χ4n) is 3.73. The van der Waals surface area contributed by atoms with Crippen molar-refractivity contribution in [1.29, 1.82) is 0 Å². The van der Waals surface area contributed by atoms with Crippen molar-refractivity contribution < 1.29 is 19.2 Å². The van der Waals surface area contributed by atoms with Crippen LogP contribution in [0.15, 0.2) is 42.5 Å². The molecule has 0 spiro atoms. The van der Waals surface area contributed by atoms with Crippen LogP contribution in [-0.2, 0) is 9.59 Å². The molecule has 0 saturated heterocycles. The molecule has 4 rings (SSSR count). The van der Waals surface area contributed by atoms with Gasteiger partial charge in [-0.3, -0.25) is 24.6 Å². The molecule has 2 aromatic carbocycles. The van der Waals surface area contributed by atoms with Crippen LogP contribution in [0.1, 0.15) is 23.2 Å². The summed E-state index contributed by atoms with van der Waals surface area (Å²) in [5.41, 5.74) is 2.29. The number of nitro groups is 1. The highest BCUT2D eigenvalue weighted by Gasteiger charge is 2.35. The minimum absolute atomic E-state index is 0.134. The second kappa shape index (κ2) is 8.99. The zero-order valence-electron chi connectivity index (χ0n) is 18.3. The Balaban J connectivity index is 1.64. The number of nitro benzene ring substituents is 1. The van der Waals surface area contributed by atoms with Crippen molar-refractivity contribution in [3.63, 3.8) is 0 Å². The molecule has 3 aromatic rings. The van der Waals surface area contributed by atoms with Crippen molar-refractivity contribution in [3.05, 3.63) is 62.5 Å². The third-order valence-corrected chi connectivity index (χ3v) is 6.14. The fraction of sp³-hybridized carbons (Fsp3) is 0.261. The molecule has 1 N–H and O–H groups in total. The van der Waals surface area contributed by atoms with Gasteiger partial charge < -0.3 is 10.1 Å². The highest BCUT2D eigenvalue weighted by molar-refractivity contribution is 7.11. The van der Waals surface area contributed by atoms with E-state index < -0.39 is 16.9 Å². The molecule has 0 aliphatic carbocycles. The minimum atomic E-state index is -0.697. The number of ether oxygens (including phenoxy) is 1. The lowest BCUT2D eigenvalue weighted by molar-refractivity contribution is -0.384. The highest BCUT2D eigenvalue weighted by atomic mass is 32.1. The van der Waals surface area contributed by atoms with Gasteiger partial charge in [-0.05, 0) is 44.5 Å². The van der Waals surface area contributed by atoms with Gasteiger partial charge >= 0.3 is 0 Å². The molecular weight excluding hydrogens is 444 g/mol. The Labute approximate surface area is 194 Å². The van der Waals surface area contributed by atoms with Crippen LogP contribution >= 0.6 is 11.3 Å². The molecular formula is C23H22N4O5S. The van der Waals surface area contributed by atoms with Crippen LogP contribution in [0.2, 0.25) is 0 Å². The van der Waals surface area contributed by atoms with Crippen molar-refractivity contribution in [2.75, 3.05) is 16.8 Å². The molecule has 0 saturated carbocycles. The standard InChI is InChI=1S/C23H22N4O5S/c1-4-19-23(29)26(12-21(28)25-16-6-5-7-17(11-16)27(30)31)18-10-15(8-9-20(18)32-19)22-13(2)33-14(3)24-22/h5-11,19H,4,12H2,1-3H3,(H,25,28). The van der Waals surface area contributed by atoms with Crippen molar-refractivity contribution in [2.45, 2.75) is 33.3 Å². The third kappa shape index (κ3) is 4.56. The van der Waals surface area contributed by atoms with Crippen LogP contribution in [-0.4, -0.2) is 34.4 Å². The lowest BCUT2D eigenvalue weighted by atomic mass is 10.1. The van der Waals surface area contributed by atoms with Gasteiger partial charge in [0.25, 0.3) is 11.6 Å². The van der Waals surface area contributed by atoms with E-state index in [2.05, 4.69) is 10.3 Å². The van der Waals surface area contributed by atoms with Crippen molar-refractivity contribution in [3.8, 4) is 17.0 Å². The molecule has 1 unspecified atom stereocenters. The Bertz CT molecular complexity index is 1260. The maximum atomic E-state index is 13.1. The minimum Gasteiger partial charge on any atom is -0.478 e. The first-order valence-corrected chi connectivity index (χ1v) is 11.2. The number of anilines is 2. The van der Waals surface area contributed by atoms with Gasteiger partial charge in [0, 0.05) is 28.3 Å². The number of nitrogens with zero attached hydrogens (tertiary/aromatic N) is 3. The summed E-state index contributed by atoms with van der Waals surface area (Å²) in [6.45, 7) is 5.50. The Kier molecular flexibility index (Phi) is 6.10. The van der Waals surface area contributed by atoms with E-state index in [1.165, 1.54) is 23.1 Å². The summed E-state index contributed by atoms with van der Waals surface area (Å²) in [7, 11) is 0. The van der Waals surface area contributed by atoms with Gasteiger partial charge in [-0.25, -0.2) is 4.98 Å². The summed E-state index contributed by atoms with van der Waals surface area (Å²) in [6, 6.07) is 11.1. The Morgan fingerprint density at radius 2 is 2.06 bits per heavy atom. The molecule has 1 aliphatic heterocycles. The smallest absolute Gasteiger partial charge is 0.271 e. The number of hydrogen-bond acceptors (Lipinski definition) is 7. The molecule has 1 aliphatic rings. The summed E-state index contributed by atoms with van der Waals surface area (Å²) in [6.07, 6.45) is -0.245. The van der Waals surface area contributed by atoms with Gasteiger partial charge in [-0.2, -0.15) is 0 Å². The number of rotatable bonds is 6. The number of carbonyl (C=O) groups is 2. The second-order valence-corrected chi connectivity index (χ2v) is 9.02. The average Bonchev–Trinajstić information content (AvgIpc) is 3.13. The van der Waals surface area contributed by atoms with Gasteiger partial charge in [-0.15, -0.1) is 11.3 Å². The molecule has 33 heavy (non-hydrogen) atoms. The first-order chi connectivity index (χ1) is 15.8. The van der Waals surface area contributed by atoms with Gasteiger partial charge in [0.05, 0.1) is 21.3 Å². The van der Waals surface area contributed by atoms with E-state index in [1.807, 2.05) is 26.8 Å². The number of nitrogens with one attached hydrogen (secondary N) is 1. The average molecular weight is 467 g/mol. The maximum Gasteiger partial charge on any atom is 0.271 e. The van der Waals surface area contributed by atoms with E-state index in [-0.39, 0.29) is 23.8 Å². The second-order valence-electron chi connectivity index (χ2n) is 7.61. The maximum absolute atomic E-state index is 13.1. The molecule has 0 radical (unpaired) electrons. The number of aromatic nitrogens is 1. The lowest BCUT2D eigenvalue weighted by Gasteiger charge is -2.34. The number of carbonyl (C=O) groups excluding carboxylic acids is 2. The van der Waals surface area contributed by atoms with E-state index in [0.29, 0.717) is 17.9 Å². The molecule has 170 valence electrons. The van der Waals surface area contributed by atoms with E-state index >= 15 is 0 Å². The summed E-state index contributed by atoms with van der Waals surface area (Å²) >= 11 is 1.59. The largest absolute Gasteiger partial charge is 0.478 e. The van der Waals surface area contributed by atoms with Crippen LogP contribution in [0.3, 0.4) is 0 Å².